The second-order valence-electron chi connectivity index (χ2n) is 5.77. The lowest BCUT2D eigenvalue weighted by Crippen LogP contribution is -2.15. The van der Waals surface area contributed by atoms with Gasteiger partial charge in [-0.3, -0.25) is 9.44 Å². The zero-order valence-electron chi connectivity index (χ0n) is 13.9. The van der Waals surface area contributed by atoms with Crippen molar-refractivity contribution < 1.29 is 16.8 Å². The maximum atomic E-state index is 12.6. The Morgan fingerprint density at radius 1 is 0.750 bits per heavy atom. The number of rotatable bonds is 5. The maximum absolute atomic E-state index is 12.6. The number of nitrogens with one attached hydrogen (secondary N) is 2. The third kappa shape index (κ3) is 4.48. The summed E-state index contributed by atoms with van der Waals surface area (Å²) < 4.78 is 52.8. The summed E-state index contributed by atoms with van der Waals surface area (Å²) >= 11 is 0. The van der Waals surface area contributed by atoms with Crippen LogP contribution in [-0.4, -0.2) is 23.1 Å². The minimum atomic E-state index is -3.83. The van der Waals surface area contributed by atoms with Crippen molar-refractivity contribution >= 4 is 31.4 Å². The molecule has 0 aliphatic heterocycles. The van der Waals surface area contributed by atoms with E-state index < -0.39 is 20.0 Å². The Morgan fingerprint density at radius 3 is 2.00 bits per heavy atom. The van der Waals surface area contributed by atoms with Crippen LogP contribution in [-0.2, 0) is 20.0 Å². The lowest BCUT2D eigenvalue weighted by atomic mass is 10.1. The number of hydrogen-bond donors (Lipinski definition) is 2. The average Bonchev–Trinajstić information content (AvgIpc) is 2.43. The fraction of sp³-hybridized carbons (Fsp3) is 0.250. The van der Waals surface area contributed by atoms with Crippen molar-refractivity contribution in [2.75, 3.05) is 15.7 Å². The Balaban J connectivity index is 2.40. The van der Waals surface area contributed by atoms with Gasteiger partial charge in [0, 0.05) is 0 Å². The molecule has 0 unspecified atom stereocenters. The Kier molecular flexibility index (Phi) is 4.91. The smallest absolute Gasteiger partial charge is 0.261 e. The van der Waals surface area contributed by atoms with Gasteiger partial charge in [0.05, 0.1) is 22.5 Å². The molecule has 0 radical (unpaired) electrons. The van der Waals surface area contributed by atoms with Gasteiger partial charge in [-0.25, -0.2) is 16.8 Å². The summed E-state index contributed by atoms with van der Waals surface area (Å²) in [4.78, 5) is -0.0146. The fourth-order valence-electron chi connectivity index (χ4n) is 2.21. The van der Waals surface area contributed by atoms with Crippen LogP contribution in [0.4, 0.5) is 11.4 Å². The SMILES string of the molecule is Cc1ccc(NS(=O)(=O)c2ccc(C)c(NS(C)(=O)=O)c2)c(C)c1. The Hall–Kier alpha value is -2.06. The molecule has 0 atom stereocenters. The fourth-order valence-corrected chi connectivity index (χ4v) is 3.99. The van der Waals surface area contributed by atoms with Crippen molar-refractivity contribution in [3.05, 3.63) is 53.1 Å². The van der Waals surface area contributed by atoms with Gasteiger partial charge in [-0.05, 0) is 50.1 Å². The first-order valence-corrected chi connectivity index (χ1v) is 10.5. The minimum Gasteiger partial charge on any atom is -0.283 e. The molecule has 0 saturated carbocycles. The summed E-state index contributed by atoms with van der Waals surface area (Å²) in [5.41, 5.74) is 3.19. The zero-order valence-corrected chi connectivity index (χ0v) is 15.5. The van der Waals surface area contributed by atoms with E-state index in [-0.39, 0.29) is 10.6 Å². The number of anilines is 2. The molecule has 0 saturated heterocycles. The summed E-state index contributed by atoms with van der Waals surface area (Å²) in [6.07, 6.45) is 1.02. The van der Waals surface area contributed by atoms with E-state index in [0.717, 1.165) is 17.4 Å². The average molecular weight is 368 g/mol. The predicted molar refractivity (Wildman–Crippen MR) is 96.4 cm³/mol. The highest BCUT2D eigenvalue weighted by molar-refractivity contribution is 7.93. The molecule has 6 nitrogen and oxygen atoms in total. The predicted octanol–water partition coefficient (Wildman–Crippen LogP) is 2.78. The molecule has 0 bridgehead atoms. The zero-order chi connectivity index (χ0) is 18.1. The van der Waals surface area contributed by atoms with Crippen molar-refractivity contribution in [2.45, 2.75) is 25.7 Å². The van der Waals surface area contributed by atoms with Crippen LogP contribution < -0.4 is 9.44 Å². The first-order valence-electron chi connectivity index (χ1n) is 7.16. The van der Waals surface area contributed by atoms with Gasteiger partial charge in [0.25, 0.3) is 10.0 Å². The second-order valence-corrected chi connectivity index (χ2v) is 9.21. The van der Waals surface area contributed by atoms with Crippen LogP contribution in [0.2, 0.25) is 0 Å². The number of benzene rings is 2. The molecule has 2 N–H and O–H groups in total. The normalized spacial score (nSPS) is 12.0. The number of sulfonamides is 2. The van der Waals surface area contributed by atoms with Crippen LogP contribution in [0.25, 0.3) is 0 Å². The third-order valence-corrected chi connectivity index (χ3v) is 5.39. The molecule has 0 spiro atoms. The Bertz CT molecular complexity index is 981. The monoisotopic (exact) mass is 368 g/mol. The van der Waals surface area contributed by atoms with Gasteiger partial charge in [0.1, 0.15) is 0 Å². The molecule has 8 heteroatoms. The first-order chi connectivity index (χ1) is 11.0. The first kappa shape index (κ1) is 18.3. The summed E-state index contributed by atoms with van der Waals surface area (Å²) in [6, 6.07) is 9.70. The van der Waals surface area contributed by atoms with E-state index >= 15 is 0 Å². The van der Waals surface area contributed by atoms with Crippen molar-refractivity contribution in [2.24, 2.45) is 0 Å². The molecule has 2 aromatic carbocycles. The molecule has 0 aliphatic carbocycles. The molecule has 0 amide bonds. The van der Waals surface area contributed by atoms with Crippen molar-refractivity contribution in [1.29, 1.82) is 0 Å². The topological polar surface area (TPSA) is 92.3 Å². The Labute approximate surface area is 143 Å². The van der Waals surface area contributed by atoms with Crippen LogP contribution in [0, 0.1) is 20.8 Å². The van der Waals surface area contributed by atoms with E-state index in [2.05, 4.69) is 9.44 Å². The van der Waals surface area contributed by atoms with Crippen LogP contribution >= 0.6 is 0 Å². The lowest BCUT2D eigenvalue weighted by molar-refractivity contribution is 0.600. The lowest BCUT2D eigenvalue weighted by Gasteiger charge is -2.13. The summed E-state index contributed by atoms with van der Waals surface area (Å²) in [5, 5.41) is 0. The molecule has 0 aromatic heterocycles. The van der Waals surface area contributed by atoms with Gasteiger partial charge in [0.15, 0.2) is 0 Å². The van der Waals surface area contributed by atoms with Gasteiger partial charge in [0.2, 0.25) is 10.0 Å². The van der Waals surface area contributed by atoms with Crippen molar-refractivity contribution in [3.8, 4) is 0 Å². The Morgan fingerprint density at radius 2 is 1.42 bits per heavy atom. The van der Waals surface area contributed by atoms with E-state index in [1.54, 1.807) is 19.1 Å². The standard InChI is InChI=1S/C16H20N2O4S2/c1-11-5-8-15(13(3)9-11)18-24(21,22)14-7-6-12(2)16(10-14)17-23(4,19)20/h5-10,17-18H,1-4H3. The van der Waals surface area contributed by atoms with Gasteiger partial charge < -0.3 is 0 Å². The highest BCUT2D eigenvalue weighted by Crippen LogP contribution is 2.24. The largest absolute Gasteiger partial charge is 0.283 e. The highest BCUT2D eigenvalue weighted by Gasteiger charge is 2.17. The molecular weight excluding hydrogens is 348 g/mol. The van der Waals surface area contributed by atoms with Crippen LogP contribution in [0.5, 0.6) is 0 Å². The quantitative estimate of drug-likeness (QED) is 0.849. The maximum Gasteiger partial charge on any atom is 0.261 e. The molecular formula is C16H20N2O4S2. The van der Waals surface area contributed by atoms with Gasteiger partial charge in [-0.15, -0.1) is 0 Å². The van der Waals surface area contributed by atoms with Crippen LogP contribution in [0.1, 0.15) is 16.7 Å². The highest BCUT2D eigenvalue weighted by atomic mass is 32.2. The number of aryl methyl sites for hydroxylation is 3. The molecule has 2 rings (SSSR count). The van der Waals surface area contributed by atoms with Crippen LogP contribution in [0.15, 0.2) is 41.3 Å². The third-order valence-electron chi connectivity index (χ3n) is 3.44. The summed E-state index contributed by atoms with van der Waals surface area (Å²) in [7, 11) is -7.33. The van der Waals surface area contributed by atoms with Crippen molar-refractivity contribution in [3.63, 3.8) is 0 Å². The molecule has 2 aromatic rings. The van der Waals surface area contributed by atoms with E-state index in [9.17, 15) is 16.8 Å². The van der Waals surface area contributed by atoms with Gasteiger partial charge in [-0.1, -0.05) is 23.8 Å². The number of hydrogen-bond acceptors (Lipinski definition) is 4. The minimum absolute atomic E-state index is 0.0146. The van der Waals surface area contributed by atoms with Gasteiger partial charge >= 0.3 is 0 Å². The van der Waals surface area contributed by atoms with E-state index in [1.807, 2.05) is 26.0 Å². The summed E-state index contributed by atoms with van der Waals surface area (Å²) in [5.74, 6) is 0. The molecule has 0 aliphatic rings. The van der Waals surface area contributed by atoms with Gasteiger partial charge in [-0.2, -0.15) is 0 Å². The van der Waals surface area contributed by atoms with E-state index in [4.69, 9.17) is 0 Å². The molecule has 24 heavy (non-hydrogen) atoms. The van der Waals surface area contributed by atoms with E-state index in [1.165, 1.54) is 12.1 Å². The molecule has 0 heterocycles. The second kappa shape index (κ2) is 6.45. The molecule has 130 valence electrons. The van der Waals surface area contributed by atoms with Crippen LogP contribution in [0.3, 0.4) is 0 Å². The summed E-state index contributed by atoms with van der Waals surface area (Å²) in [6.45, 7) is 5.44. The van der Waals surface area contributed by atoms with E-state index in [0.29, 0.717) is 11.3 Å². The molecule has 0 fully saturated rings. The van der Waals surface area contributed by atoms with Crippen molar-refractivity contribution in [1.82, 2.24) is 0 Å².